The van der Waals surface area contributed by atoms with Gasteiger partial charge in [-0.05, 0) is 6.08 Å². The number of allylic oxidation sites excluding steroid dienone is 2. The highest BCUT2D eigenvalue weighted by molar-refractivity contribution is 5.94. The first-order valence-corrected chi connectivity index (χ1v) is 4.97. The van der Waals surface area contributed by atoms with Gasteiger partial charge >= 0.3 is 0 Å². The molecule has 0 saturated carbocycles. The zero-order valence-electron chi connectivity index (χ0n) is 10.5. The Labute approximate surface area is 96.4 Å². The van der Waals surface area contributed by atoms with Crippen LogP contribution in [-0.4, -0.2) is 18.8 Å². The van der Waals surface area contributed by atoms with Crippen molar-refractivity contribution in [2.75, 3.05) is 7.11 Å². The van der Waals surface area contributed by atoms with Crippen LogP contribution in [0.1, 0.15) is 27.7 Å². The second kappa shape index (κ2) is 5.49. The summed E-state index contributed by atoms with van der Waals surface area (Å²) in [6.45, 7) is 10.4. The molecule has 0 unspecified atom stereocenters. The summed E-state index contributed by atoms with van der Waals surface area (Å²) in [5.41, 5.74) is 0.0720. The highest BCUT2D eigenvalue weighted by atomic mass is 16.5. The Kier molecular flexibility index (Phi) is 4.95. The number of Topliss-reactive ketones (excluding diaryl/α,β-unsaturated/α-hetero) is 1. The topological polar surface area (TPSA) is 55.4 Å². The molecule has 0 aliphatic carbocycles. The van der Waals surface area contributed by atoms with Crippen molar-refractivity contribution in [3.8, 4) is 0 Å². The number of ketones is 1. The number of amides is 1. The molecule has 0 fully saturated rings. The highest BCUT2D eigenvalue weighted by Crippen LogP contribution is 2.26. The van der Waals surface area contributed by atoms with E-state index in [0.29, 0.717) is 5.70 Å². The fraction of sp³-hybridized carbons (Fsp3) is 0.500. The van der Waals surface area contributed by atoms with E-state index in [-0.39, 0.29) is 17.4 Å². The molecule has 0 aliphatic rings. The number of carbonyl (C=O) groups is 2. The lowest BCUT2D eigenvalue weighted by atomic mass is 9.90. The highest BCUT2D eigenvalue weighted by Gasteiger charge is 2.25. The zero-order chi connectivity index (χ0) is 12.9. The first kappa shape index (κ1) is 14.4. The molecule has 1 N–H and O–H groups in total. The van der Waals surface area contributed by atoms with E-state index in [0.717, 1.165) is 6.08 Å². The van der Waals surface area contributed by atoms with E-state index in [4.69, 9.17) is 4.74 Å². The third-order valence-corrected chi connectivity index (χ3v) is 1.93. The zero-order valence-corrected chi connectivity index (χ0v) is 10.5. The Morgan fingerprint density at radius 2 is 1.81 bits per heavy atom. The molecular formula is C12H19NO3. The minimum atomic E-state index is -0.393. The van der Waals surface area contributed by atoms with Crippen molar-refractivity contribution in [2.45, 2.75) is 27.7 Å². The van der Waals surface area contributed by atoms with Gasteiger partial charge in [0.15, 0.2) is 11.5 Å². The van der Waals surface area contributed by atoms with Gasteiger partial charge in [-0.25, -0.2) is 0 Å². The monoisotopic (exact) mass is 225 g/mol. The Balaban J connectivity index is 5.46. The van der Waals surface area contributed by atoms with Crippen LogP contribution in [0, 0.1) is 5.41 Å². The van der Waals surface area contributed by atoms with Gasteiger partial charge in [0.1, 0.15) is 0 Å². The van der Waals surface area contributed by atoms with Crippen LogP contribution in [0.15, 0.2) is 24.1 Å². The second-order valence-corrected chi connectivity index (χ2v) is 4.41. The molecule has 0 rings (SSSR count). The molecule has 90 valence electrons. The average Bonchev–Trinajstić information content (AvgIpc) is 2.15. The average molecular weight is 225 g/mol. The summed E-state index contributed by atoms with van der Waals surface area (Å²) in [4.78, 5) is 22.7. The maximum Gasteiger partial charge on any atom is 0.247 e. The van der Waals surface area contributed by atoms with E-state index in [2.05, 4.69) is 11.9 Å². The van der Waals surface area contributed by atoms with Gasteiger partial charge < -0.3 is 10.1 Å². The third-order valence-electron chi connectivity index (χ3n) is 1.93. The second-order valence-electron chi connectivity index (χ2n) is 4.41. The maximum atomic E-state index is 11.4. The largest absolute Gasteiger partial charge is 0.491 e. The molecule has 0 bridgehead atoms. The van der Waals surface area contributed by atoms with Gasteiger partial charge in [0, 0.05) is 12.3 Å². The van der Waals surface area contributed by atoms with Gasteiger partial charge in [0.25, 0.3) is 0 Å². The normalized spacial score (nSPS) is 12.6. The predicted octanol–water partition coefficient (Wildman–Crippen LogP) is 1.78. The fourth-order valence-electron chi connectivity index (χ4n) is 1.18. The SMILES string of the molecule is C=CC(=O)N/C(=C(/OC)C(C)=O)C(C)(C)C. The van der Waals surface area contributed by atoms with Crippen LogP contribution in [0.4, 0.5) is 0 Å². The van der Waals surface area contributed by atoms with Crippen molar-refractivity contribution >= 4 is 11.7 Å². The van der Waals surface area contributed by atoms with Crippen LogP contribution < -0.4 is 5.32 Å². The molecule has 1 amide bonds. The number of carbonyl (C=O) groups excluding carboxylic acids is 2. The Hall–Kier alpha value is -1.58. The maximum absolute atomic E-state index is 11.4. The molecule has 0 aromatic rings. The molecule has 0 atom stereocenters. The summed E-state index contributed by atoms with van der Waals surface area (Å²) in [6.07, 6.45) is 1.15. The Bertz CT molecular complexity index is 335. The van der Waals surface area contributed by atoms with Gasteiger partial charge in [-0.2, -0.15) is 0 Å². The summed E-state index contributed by atoms with van der Waals surface area (Å²) in [5, 5.41) is 2.62. The van der Waals surface area contributed by atoms with E-state index >= 15 is 0 Å². The Morgan fingerprint density at radius 1 is 1.31 bits per heavy atom. The van der Waals surface area contributed by atoms with E-state index < -0.39 is 5.41 Å². The minimum absolute atomic E-state index is 0.169. The summed E-state index contributed by atoms with van der Waals surface area (Å²) in [6, 6.07) is 0. The van der Waals surface area contributed by atoms with Crippen LogP contribution in [0.5, 0.6) is 0 Å². The van der Waals surface area contributed by atoms with Crippen molar-refractivity contribution in [3.63, 3.8) is 0 Å². The molecule has 4 heteroatoms. The van der Waals surface area contributed by atoms with Crippen LogP contribution in [0.25, 0.3) is 0 Å². The van der Waals surface area contributed by atoms with E-state index in [1.165, 1.54) is 14.0 Å². The van der Waals surface area contributed by atoms with Crippen molar-refractivity contribution < 1.29 is 14.3 Å². The molecule has 0 aromatic heterocycles. The summed E-state index contributed by atoms with van der Waals surface area (Å²) < 4.78 is 5.03. The van der Waals surface area contributed by atoms with Gasteiger partial charge in [-0.1, -0.05) is 27.4 Å². The fourth-order valence-corrected chi connectivity index (χ4v) is 1.18. The van der Waals surface area contributed by atoms with E-state index in [1.807, 2.05) is 20.8 Å². The minimum Gasteiger partial charge on any atom is -0.491 e. The first-order valence-electron chi connectivity index (χ1n) is 4.97. The molecule has 0 radical (unpaired) electrons. The number of methoxy groups -OCH3 is 1. The smallest absolute Gasteiger partial charge is 0.247 e. The molecule has 0 heterocycles. The van der Waals surface area contributed by atoms with Crippen LogP contribution in [0.3, 0.4) is 0 Å². The van der Waals surface area contributed by atoms with Crippen molar-refractivity contribution in [3.05, 3.63) is 24.1 Å². The lowest BCUT2D eigenvalue weighted by Gasteiger charge is -2.25. The molecule has 0 aromatic carbocycles. The van der Waals surface area contributed by atoms with Crippen LogP contribution >= 0.6 is 0 Å². The summed E-state index contributed by atoms with van der Waals surface area (Å²) in [7, 11) is 1.41. The lowest BCUT2D eigenvalue weighted by molar-refractivity contribution is -0.117. The molecule has 16 heavy (non-hydrogen) atoms. The predicted molar refractivity (Wildman–Crippen MR) is 62.5 cm³/mol. The van der Waals surface area contributed by atoms with Gasteiger partial charge in [0.05, 0.1) is 12.8 Å². The number of rotatable bonds is 4. The molecule has 0 aliphatic heterocycles. The standard InChI is InChI=1S/C12H19NO3/c1-7-9(15)13-11(12(3,4)5)10(16-6)8(2)14/h7H,1H2,2-6H3,(H,13,15)/b11-10+. The lowest BCUT2D eigenvalue weighted by Crippen LogP contribution is -2.32. The number of hydrogen-bond donors (Lipinski definition) is 1. The van der Waals surface area contributed by atoms with Gasteiger partial charge in [-0.3, -0.25) is 9.59 Å². The first-order chi connectivity index (χ1) is 7.23. The van der Waals surface area contributed by atoms with Gasteiger partial charge in [-0.15, -0.1) is 0 Å². The van der Waals surface area contributed by atoms with E-state index in [1.54, 1.807) is 0 Å². The molecule has 0 spiro atoms. The summed E-state index contributed by atoms with van der Waals surface area (Å²) in [5.74, 6) is -0.416. The summed E-state index contributed by atoms with van der Waals surface area (Å²) >= 11 is 0. The molecule has 4 nitrogen and oxygen atoms in total. The van der Waals surface area contributed by atoms with Crippen molar-refractivity contribution in [1.82, 2.24) is 5.32 Å². The van der Waals surface area contributed by atoms with Crippen molar-refractivity contribution in [1.29, 1.82) is 0 Å². The number of ether oxygens (including phenoxy) is 1. The van der Waals surface area contributed by atoms with E-state index in [9.17, 15) is 9.59 Å². The molecule has 0 saturated heterocycles. The number of hydrogen-bond acceptors (Lipinski definition) is 3. The van der Waals surface area contributed by atoms with Crippen LogP contribution in [-0.2, 0) is 14.3 Å². The molecular weight excluding hydrogens is 206 g/mol. The van der Waals surface area contributed by atoms with Crippen molar-refractivity contribution in [2.24, 2.45) is 5.41 Å². The Morgan fingerprint density at radius 3 is 2.06 bits per heavy atom. The van der Waals surface area contributed by atoms with Gasteiger partial charge in [0.2, 0.25) is 5.91 Å². The quantitative estimate of drug-likeness (QED) is 0.586. The third kappa shape index (κ3) is 3.88. The van der Waals surface area contributed by atoms with Crippen LogP contribution in [0.2, 0.25) is 0 Å². The number of nitrogens with one attached hydrogen (secondary N) is 1.